The molecule has 0 saturated heterocycles. The summed E-state index contributed by atoms with van der Waals surface area (Å²) in [5.41, 5.74) is 0. The van der Waals surface area contributed by atoms with Gasteiger partial charge in [-0.3, -0.25) is 0 Å². The van der Waals surface area contributed by atoms with Gasteiger partial charge >= 0.3 is 0 Å². The minimum atomic E-state index is -3.26. The molecule has 0 radical (unpaired) electrons. The lowest BCUT2D eigenvalue weighted by molar-refractivity contribution is 0.583. The summed E-state index contributed by atoms with van der Waals surface area (Å²) in [6.45, 7) is 2.37. The third kappa shape index (κ3) is 3.34. The Kier molecular flexibility index (Phi) is 4.56. The van der Waals surface area contributed by atoms with Gasteiger partial charge in [0.1, 0.15) is 4.21 Å². The van der Waals surface area contributed by atoms with Gasteiger partial charge in [0, 0.05) is 16.8 Å². The Morgan fingerprint density at radius 1 is 1.50 bits per heavy atom. The molecule has 1 aromatic heterocycles. The molecule has 1 N–H and O–H groups in total. The lowest BCUT2D eigenvalue weighted by Crippen LogP contribution is -2.24. The molecule has 0 aromatic carbocycles. The minimum Gasteiger partial charge on any atom is -0.210 e. The maximum absolute atomic E-state index is 11.6. The van der Waals surface area contributed by atoms with Crippen molar-refractivity contribution >= 4 is 37.3 Å². The molecular formula is C8H12BrNO2S2. The second kappa shape index (κ2) is 5.25. The third-order valence-corrected chi connectivity index (χ3v) is 5.10. The second-order valence-electron chi connectivity index (χ2n) is 2.81. The van der Waals surface area contributed by atoms with Crippen LogP contribution in [0.4, 0.5) is 0 Å². The van der Waals surface area contributed by atoms with E-state index in [1.807, 2.05) is 13.0 Å². The number of nitrogens with one attached hydrogen (secondary N) is 1. The van der Waals surface area contributed by atoms with Crippen LogP contribution in [0.5, 0.6) is 0 Å². The molecule has 1 rings (SSSR count). The molecule has 6 heteroatoms. The lowest BCUT2D eigenvalue weighted by Gasteiger charge is -2.02. The van der Waals surface area contributed by atoms with Crippen LogP contribution in [0.25, 0.3) is 0 Å². The summed E-state index contributed by atoms with van der Waals surface area (Å²) >= 11 is 4.54. The molecular weight excluding hydrogens is 286 g/mol. The summed E-state index contributed by atoms with van der Waals surface area (Å²) in [6.07, 6.45) is 0.795. The smallest absolute Gasteiger partial charge is 0.210 e. The fraction of sp³-hybridized carbons (Fsp3) is 0.500. The SMILES string of the molecule is Cc1ccc(S(=O)(=O)NCCCBr)s1. The fourth-order valence-electron chi connectivity index (χ4n) is 0.901. The van der Waals surface area contributed by atoms with E-state index in [2.05, 4.69) is 20.7 Å². The van der Waals surface area contributed by atoms with Crippen molar-refractivity contribution in [1.29, 1.82) is 0 Å². The molecule has 0 saturated carbocycles. The van der Waals surface area contributed by atoms with Gasteiger partial charge in [0.15, 0.2) is 0 Å². The van der Waals surface area contributed by atoms with Gasteiger partial charge in [-0.05, 0) is 25.5 Å². The highest BCUT2D eigenvalue weighted by Gasteiger charge is 2.14. The molecule has 14 heavy (non-hydrogen) atoms. The topological polar surface area (TPSA) is 46.2 Å². The van der Waals surface area contributed by atoms with Crippen molar-refractivity contribution in [2.75, 3.05) is 11.9 Å². The Labute approximate surface area is 96.7 Å². The van der Waals surface area contributed by atoms with Crippen LogP contribution in [-0.4, -0.2) is 20.3 Å². The summed E-state index contributed by atoms with van der Waals surface area (Å²) in [5.74, 6) is 0. The van der Waals surface area contributed by atoms with Crippen molar-refractivity contribution in [3.05, 3.63) is 17.0 Å². The van der Waals surface area contributed by atoms with Crippen LogP contribution in [0, 0.1) is 6.92 Å². The first-order valence-corrected chi connectivity index (χ1v) is 7.60. The predicted molar refractivity (Wildman–Crippen MR) is 62.7 cm³/mol. The van der Waals surface area contributed by atoms with Gasteiger partial charge in [-0.2, -0.15) is 0 Å². The molecule has 1 heterocycles. The number of halogens is 1. The highest BCUT2D eigenvalue weighted by molar-refractivity contribution is 9.09. The fourth-order valence-corrected chi connectivity index (χ4v) is 3.58. The van der Waals surface area contributed by atoms with Crippen molar-refractivity contribution < 1.29 is 8.42 Å². The second-order valence-corrected chi connectivity index (χ2v) is 6.88. The van der Waals surface area contributed by atoms with Crippen molar-refractivity contribution in [3.63, 3.8) is 0 Å². The van der Waals surface area contributed by atoms with Crippen molar-refractivity contribution in [2.45, 2.75) is 17.6 Å². The highest BCUT2D eigenvalue weighted by Crippen LogP contribution is 2.19. The van der Waals surface area contributed by atoms with E-state index in [4.69, 9.17) is 0 Å². The van der Waals surface area contributed by atoms with Gasteiger partial charge in [-0.1, -0.05) is 15.9 Å². The van der Waals surface area contributed by atoms with E-state index < -0.39 is 10.0 Å². The van der Waals surface area contributed by atoms with Crippen molar-refractivity contribution in [3.8, 4) is 0 Å². The zero-order chi connectivity index (χ0) is 10.6. The summed E-state index contributed by atoms with van der Waals surface area (Å²) in [4.78, 5) is 1.01. The van der Waals surface area contributed by atoms with E-state index in [0.717, 1.165) is 16.6 Å². The van der Waals surface area contributed by atoms with Crippen LogP contribution in [0.15, 0.2) is 16.3 Å². The molecule has 1 aromatic rings. The minimum absolute atomic E-state index is 0.393. The van der Waals surface area contributed by atoms with Crippen LogP contribution >= 0.6 is 27.3 Å². The third-order valence-electron chi connectivity index (χ3n) is 1.58. The van der Waals surface area contributed by atoms with Crippen molar-refractivity contribution in [2.24, 2.45) is 0 Å². The number of rotatable bonds is 5. The monoisotopic (exact) mass is 297 g/mol. The van der Waals surface area contributed by atoms with E-state index in [1.165, 1.54) is 11.3 Å². The number of sulfonamides is 1. The Morgan fingerprint density at radius 2 is 2.21 bits per heavy atom. The average molecular weight is 298 g/mol. The number of aryl methyl sites for hydroxylation is 1. The van der Waals surface area contributed by atoms with Crippen LogP contribution in [0.1, 0.15) is 11.3 Å². The van der Waals surface area contributed by atoms with E-state index >= 15 is 0 Å². The molecule has 80 valence electrons. The molecule has 0 atom stereocenters. The predicted octanol–water partition coefficient (Wildman–Crippen LogP) is 2.12. The first kappa shape index (κ1) is 12.2. The largest absolute Gasteiger partial charge is 0.250 e. The number of thiophene rings is 1. The molecule has 0 unspecified atom stereocenters. The maximum atomic E-state index is 11.6. The molecule has 0 amide bonds. The van der Waals surface area contributed by atoms with Crippen LogP contribution < -0.4 is 4.72 Å². The van der Waals surface area contributed by atoms with E-state index in [1.54, 1.807) is 6.07 Å². The number of hydrogen-bond acceptors (Lipinski definition) is 3. The normalized spacial score (nSPS) is 11.9. The molecule has 0 fully saturated rings. The first-order chi connectivity index (χ1) is 6.56. The van der Waals surface area contributed by atoms with Crippen LogP contribution in [0.3, 0.4) is 0 Å². The average Bonchev–Trinajstić information content (AvgIpc) is 2.53. The zero-order valence-corrected chi connectivity index (χ0v) is 11.0. The van der Waals surface area contributed by atoms with Gasteiger partial charge in [0.05, 0.1) is 0 Å². The van der Waals surface area contributed by atoms with Gasteiger partial charge in [0.2, 0.25) is 10.0 Å². The molecule has 0 spiro atoms. The van der Waals surface area contributed by atoms with E-state index in [9.17, 15) is 8.42 Å². The van der Waals surface area contributed by atoms with Gasteiger partial charge in [-0.15, -0.1) is 11.3 Å². The number of alkyl halides is 1. The molecule has 0 aliphatic rings. The summed E-state index contributed by atoms with van der Waals surface area (Å²) in [6, 6.07) is 3.44. The summed E-state index contributed by atoms with van der Waals surface area (Å²) in [5, 5.41) is 0.805. The van der Waals surface area contributed by atoms with E-state index in [-0.39, 0.29) is 0 Å². The summed E-state index contributed by atoms with van der Waals surface area (Å²) < 4.78 is 26.1. The Balaban J connectivity index is 2.66. The quantitative estimate of drug-likeness (QED) is 0.668. The van der Waals surface area contributed by atoms with Crippen LogP contribution in [-0.2, 0) is 10.0 Å². The standard InChI is InChI=1S/C8H12BrNO2S2/c1-7-3-4-8(13-7)14(11,12)10-6-2-5-9/h3-4,10H,2,5-6H2,1H3. The Hall–Kier alpha value is 0.0900. The lowest BCUT2D eigenvalue weighted by atomic mass is 10.5. The van der Waals surface area contributed by atoms with E-state index in [0.29, 0.717) is 10.8 Å². The molecule has 0 aliphatic heterocycles. The van der Waals surface area contributed by atoms with Gasteiger partial charge in [-0.25, -0.2) is 13.1 Å². The maximum Gasteiger partial charge on any atom is 0.250 e. The molecule has 0 aliphatic carbocycles. The van der Waals surface area contributed by atoms with Gasteiger partial charge < -0.3 is 0 Å². The molecule has 3 nitrogen and oxygen atoms in total. The Bertz CT molecular complexity index is 386. The Morgan fingerprint density at radius 3 is 2.71 bits per heavy atom. The summed E-state index contributed by atoms with van der Waals surface area (Å²) in [7, 11) is -3.26. The highest BCUT2D eigenvalue weighted by atomic mass is 79.9. The zero-order valence-electron chi connectivity index (χ0n) is 7.79. The van der Waals surface area contributed by atoms with Crippen LogP contribution in [0.2, 0.25) is 0 Å². The van der Waals surface area contributed by atoms with Crippen molar-refractivity contribution in [1.82, 2.24) is 4.72 Å². The number of hydrogen-bond donors (Lipinski definition) is 1. The molecule has 0 bridgehead atoms. The van der Waals surface area contributed by atoms with Gasteiger partial charge in [0.25, 0.3) is 0 Å². The first-order valence-electron chi connectivity index (χ1n) is 4.18.